The number of benzene rings is 6. The molecule has 0 radical (unpaired) electrons. The molecule has 0 unspecified atom stereocenters. The molecule has 4 heteroatoms. The van der Waals surface area contributed by atoms with E-state index in [-0.39, 0.29) is 5.41 Å². The highest BCUT2D eigenvalue weighted by molar-refractivity contribution is 6.13. The summed E-state index contributed by atoms with van der Waals surface area (Å²) >= 11 is 0. The normalized spacial score (nSPS) is 14.1. The van der Waals surface area contributed by atoms with Crippen LogP contribution in [0.1, 0.15) is 61.4 Å². The minimum atomic E-state index is -0.00327. The molecule has 3 heterocycles. The van der Waals surface area contributed by atoms with E-state index in [0.717, 1.165) is 74.5 Å². The van der Waals surface area contributed by atoms with Crippen LogP contribution in [0.2, 0.25) is 0 Å². The van der Waals surface area contributed by atoms with Crippen molar-refractivity contribution in [2.45, 2.75) is 44.4 Å². The number of hydrogen-bond donors (Lipinski definition) is 0. The lowest BCUT2D eigenvalue weighted by molar-refractivity contribution is 0.346. The number of fused-ring (bicyclic) bond motifs is 1. The largest absolute Gasteiger partial charge is 0.257 e. The molecule has 1 aliphatic carbocycles. The second-order valence-electron chi connectivity index (χ2n) is 16.6. The number of rotatable bonds is 10. The number of allylic oxidation sites excluding steroid dienone is 2. The molecule has 3 aromatic heterocycles. The van der Waals surface area contributed by atoms with Crippen LogP contribution < -0.4 is 0 Å². The molecule has 4 nitrogen and oxygen atoms in total. The van der Waals surface area contributed by atoms with Crippen molar-refractivity contribution in [3.8, 4) is 44.8 Å². The van der Waals surface area contributed by atoms with Gasteiger partial charge in [0, 0.05) is 39.9 Å². The van der Waals surface area contributed by atoms with E-state index in [1.165, 1.54) is 52.6 Å². The second-order valence-corrected chi connectivity index (χ2v) is 16.6. The van der Waals surface area contributed by atoms with Crippen LogP contribution in [0.4, 0.5) is 5.69 Å². The van der Waals surface area contributed by atoms with Crippen molar-refractivity contribution in [2.24, 2.45) is 4.99 Å². The first kappa shape index (κ1) is 39.6. The first-order valence-corrected chi connectivity index (χ1v) is 22.1. The number of pyridine rings is 3. The maximum absolute atomic E-state index is 5.06. The van der Waals surface area contributed by atoms with E-state index in [9.17, 15) is 0 Å². The monoisotopic (exact) mass is 812 g/mol. The summed E-state index contributed by atoms with van der Waals surface area (Å²) in [6.07, 6.45) is 11.9. The molecule has 0 N–H and O–H groups in total. The lowest BCUT2D eigenvalue weighted by atomic mass is 9.65. The van der Waals surface area contributed by atoms with Crippen LogP contribution in [0.15, 0.2) is 218 Å². The third kappa shape index (κ3) is 8.41. The summed E-state index contributed by atoms with van der Waals surface area (Å²) < 4.78 is 0. The molecule has 0 bridgehead atoms. The topological polar surface area (TPSA) is 51.0 Å². The molecule has 0 aliphatic heterocycles. The molecule has 0 atom stereocenters. The Bertz CT molecular complexity index is 3020. The maximum atomic E-state index is 5.06. The van der Waals surface area contributed by atoms with Crippen LogP contribution in [0.3, 0.4) is 0 Å². The second kappa shape index (κ2) is 17.8. The van der Waals surface area contributed by atoms with Crippen molar-refractivity contribution in [3.63, 3.8) is 0 Å². The Hall–Kier alpha value is -7.56. The minimum absolute atomic E-state index is 0.00327. The van der Waals surface area contributed by atoms with Crippen LogP contribution in [-0.2, 0) is 5.41 Å². The Morgan fingerprint density at radius 2 is 1.06 bits per heavy atom. The summed E-state index contributed by atoms with van der Waals surface area (Å²) in [7, 11) is 0. The van der Waals surface area contributed by atoms with Gasteiger partial charge in [0.2, 0.25) is 0 Å². The number of para-hydroxylation sites is 2. The molecular formula is C59H48N4. The number of hydrogen-bond acceptors (Lipinski definition) is 4. The fourth-order valence-electron chi connectivity index (χ4n) is 9.28. The molecule has 304 valence electrons. The summed E-state index contributed by atoms with van der Waals surface area (Å²) in [5.74, 6) is 0. The highest BCUT2D eigenvalue weighted by Gasteiger charge is 2.35. The van der Waals surface area contributed by atoms with Gasteiger partial charge >= 0.3 is 0 Å². The standard InChI is InChI=1S/C59H48N4/c1-42(54-17-8-12-38-60-54)40-57(62-51-14-4-2-5-15-51)47-24-20-43(21-25-47)45-28-32-49(33-29-45)59(36-10-3-11-37-59)50-34-30-46(31-35-50)44-22-26-48(27-23-44)58-41-53(55-18-9-13-39-61-55)52-16-6-7-19-56(52)63-58/h2,4-9,12-35,38-41H,3,10-11,36-37H2,1H3/b42-40+,62-57?. The number of aliphatic imine (C=N–C) groups is 1. The molecule has 9 aromatic rings. The van der Waals surface area contributed by atoms with E-state index in [1.807, 2.05) is 79.1 Å². The highest BCUT2D eigenvalue weighted by Crippen LogP contribution is 2.46. The van der Waals surface area contributed by atoms with Gasteiger partial charge in [0.1, 0.15) is 0 Å². The Morgan fingerprint density at radius 1 is 0.508 bits per heavy atom. The van der Waals surface area contributed by atoms with Gasteiger partial charge in [-0.1, -0.05) is 165 Å². The smallest absolute Gasteiger partial charge is 0.0716 e. The summed E-state index contributed by atoms with van der Waals surface area (Å²) in [6, 6.07) is 69.1. The zero-order chi connectivity index (χ0) is 42.4. The van der Waals surface area contributed by atoms with Gasteiger partial charge in [0.25, 0.3) is 0 Å². The number of nitrogens with zero attached hydrogens (tertiary/aromatic N) is 4. The van der Waals surface area contributed by atoms with Gasteiger partial charge in [0.05, 0.1) is 34.0 Å². The zero-order valence-corrected chi connectivity index (χ0v) is 35.5. The fourth-order valence-corrected chi connectivity index (χ4v) is 9.28. The molecular weight excluding hydrogens is 765 g/mol. The van der Waals surface area contributed by atoms with Gasteiger partial charge in [-0.25, -0.2) is 9.98 Å². The first-order chi connectivity index (χ1) is 31.1. The highest BCUT2D eigenvalue weighted by atomic mass is 14.7. The van der Waals surface area contributed by atoms with E-state index in [1.54, 1.807) is 0 Å². The first-order valence-electron chi connectivity index (χ1n) is 22.1. The van der Waals surface area contributed by atoms with Crippen LogP contribution in [0.25, 0.3) is 61.2 Å². The summed E-state index contributed by atoms with van der Waals surface area (Å²) in [5, 5.41) is 1.11. The SMILES string of the molecule is C/C(=C\C(=Nc1ccccc1)c1ccc(-c2ccc(C3(c4ccc(-c5ccc(-c6cc(-c7ccccn7)c7ccccc7n6)cc5)cc4)CCCCC3)cc2)cc1)c1ccccn1. The van der Waals surface area contributed by atoms with Gasteiger partial charge in [-0.2, -0.15) is 0 Å². The molecule has 1 aliphatic rings. The summed E-state index contributed by atoms with van der Waals surface area (Å²) in [4.78, 5) is 19.4. The number of aromatic nitrogens is 3. The predicted octanol–water partition coefficient (Wildman–Crippen LogP) is 15.2. The average molecular weight is 813 g/mol. The molecule has 0 amide bonds. The predicted molar refractivity (Wildman–Crippen MR) is 262 cm³/mol. The van der Waals surface area contributed by atoms with E-state index >= 15 is 0 Å². The van der Waals surface area contributed by atoms with Crippen molar-refractivity contribution in [1.29, 1.82) is 0 Å². The molecule has 1 fully saturated rings. The van der Waals surface area contributed by atoms with Gasteiger partial charge in [0.15, 0.2) is 0 Å². The van der Waals surface area contributed by atoms with E-state index in [2.05, 4.69) is 150 Å². The molecule has 10 rings (SSSR count). The quantitative estimate of drug-likeness (QED) is 0.129. The summed E-state index contributed by atoms with van der Waals surface area (Å²) in [5.41, 5.74) is 17.6. The molecule has 1 saturated carbocycles. The Morgan fingerprint density at radius 3 is 1.68 bits per heavy atom. The van der Waals surface area contributed by atoms with Crippen LogP contribution in [0, 0.1) is 0 Å². The molecule has 0 spiro atoms. The lowest BCUT2D eigenvalue weighted by Crippen LogP contribution is -2.30. The maximum Gasteiger partial charge on any atom is 0.0716 e. The van der Waals surface area contributed by atoms with Gasteiger partial charge in [-0.3, -0.25) is 9.97 Å². The van der Waals surface area contributed by atoms with Crippen molar-refractivity contribution in [3.05, 3.63) is 235 Å². The van der Waals surface area contributed by atoms with Crippen molar-refractivity contribution in [1.82, 2.24) is 15.0 Å². The molecule has 63 heavy (non-hydrogen) atoms. The summed E-state index contributed by atoms with van der Waals surface area (Å²) in [6.45, 7) is 2.09. The van der Waals surface area contributed by atoms with E-state index in [0.29, 0.717) is 0 Å². The lowest BCUT2D eigenvalue weighted by Gasteiger charge is -2.39. The van der Waals surface area contributed by atoms with Crippen LogP contribution >= 0.6 is 0 Å². The van der Waals surface area contributed by atoms with Crippen molar-refractivity contribution in [2.75, 3.05) is 0 Å². The van der Waals surface area contributed by atoms with Gasteiger partial charge < -0.3 is 0 Å². The third-order valence-electron chi connectivity index (χ3n) is 12.7. The molecule has 6 aromatic carbocycles. The molecule has 0 saturated heterocycles. The fraction of sp³-hybridized carbons (Fsp3) is 0.119. The minimum Gasteiger partial charge on any atom is -0.257 e. The third-order valence-corrected chi connectivity index (χ3v) is 12.7. The van der Waals surface area contributed by atoms with Crippen molar-refractivity contribution < 1.29 is 0 Å². The van der Waals surface area contributed by atoms with Crippen LogP contribution in [0.5, 0.6) is 0 Å². The van der Waals surface area contributed by atoms with Crippen LogP contribution in [-0.4, -0.2) is 20.7 Å². The Labute approximate surface area is 370 Å². The zero-order valence-electron chi connectivity index (χ0n) is 35.5. The van der Waals surface area contributed by atoms with Crippen molar-refractivity contribution >= 4 is 27.9 Å². The average Bonchev–Trinajstić information content (AvgIpc) is 3.37. The van der Waals surface area contributed by atoms with Gasteiger partial charge in [-0.05, 0) is 113 Å². The van der Waals surface area contributed by atoms with Gasteiger partial charge in [-0.15, -0.1) is 0 Å². The van der Waals surface area contributed by atoms with E-state index in [4.69, 9.17) is 9.98 Å². The Kier molecular flexibility index (Phi) is 11.2. The Balaban J connectivity index is 0.893. The van der Waals surface area contributed by atoms with E-state index < -0.39 is 0 Å².